The van der Waals surface area contributed by atoms with Gasteiger partial charge in [0.25, 0.3) is 10.0 Å². The lowest BCUT2D eigenvalue weighted by molar-refractivity contribution is -0.137. The molecule has 0 aliphatic carbocycles. The molecule has 0 amide bonds. The van der Waals surface area contributed by atoms with Crippen molar-refractivity contribution in [2.24, 2.45) is 0 Å². The Morgan fingerprint density at radius 3 is 2.19 bits per heavy atom. The summed E-state index contributed by atoms with van der Waals surface area (Å²) in [6.07, 6.45) is -4.54. The summed E-state index contributed by atoms with van der Waals surface area (Å²) in [6.45, 7) is 1.35. The van der Waals surface area contributed by atoms with Crippen molar-refractivity contribution in [3.05, 3.63) is 71.8 Å². The highest BCUT2D eigenvalue weighted by Crippen LogP contribution is 2.32. The molecule has 0 saturated heterocycles. The topological polar surface area (TPSA) is 80.3 Å². The van der Waals surface area contributed by atoms with Crippen LogP contribution in [0.1, 0.15) is 22.8 Å². The fraction of sp³-hybridized carbons (Fsp3) is 0.143. The van der Waals surface area contributed by atoms with Crippen LogP contribution in [0.2, 0.25) is 0 Å². The first-order chi connectivity index (χ1) is 14.5. The Kier molecular flexibility index (Phi) is 6.42. The average molecular weight is 467 g/mol. The van der Waals surface area contributed by atoms with Crippen LogP contribution in [0.15, 0.2) is 65.6 Å². The molecule has 0 atom stereocenters. The Labute approximate surface area is 180 Å². The zero-order chi connectivity index (χ0) is 22.8. The highest BCUT2D eigenvalue weighted by molar-refractivity contribution is 8.14. The van der Waals surface area contributed by atoms with Crippen LogP contribution in [0, 0.1) is 0 Å². The molecule has 0 unspecified atom stereocenters. The van der Waals surface area contributed by atoms with Crippen molar-refractivity contribution < 1.29 is 31.2 Å². The summed E-state index contributed by atoms with van der Waals surface area (Å²) >= 11 is 0.879. The number of carbonyl (C=O) groups excluding carboxylic acids is 2. The van der Waals surface area contributed by atoms with E-state index in [1.165, 1.54) is 55.5 Å². The third-order valence-electron chi connectivity index (χ3n) is 4.31. The van der Waals surface area contributed by atoms with Gasteiger partial charge in [-0.1, -0.05) is 23.9 Å². The van der Waals surface area contributed by atoms with E-state index in [-0.39, 0.29) is 32.6 Å². The number of ketones is 1. The Hall–Kier alpha value is -2.85. The molecule has 0 fully saturated rings. The van der Waals surface area contributed by atoms with Gasteiger partial charge in [-0.3, -0.25) is 14.3 Å². The fourth-order valence-electron chi connectivity index (χ4n) is 2.76. The molecular weight excluding hydrogens is 451 g/mol. The molecule has 31 heavy (non-hydrogen) atoms. The van der Waals surface area contributed by atoms with Gasteiger partial charge >= 0.3 is 6.18 Å². The third kappa shape index (κ3) is 5.65. The van der Waals surface area contributed by atoms with Gasteiger partial charge in [0.1, 0.15) is 0 Å². The number of thioether (sulfide) groups is 1. The molecule has 0 saturated carbocycles. The summed E-state index contributed by atoms with van der Waals surface area (Å²) in [5.41, 5.74) is -0.368. The van der Waals surface area contributed by atoms with E-state index >= 15 is 0 Å². The van der Waals surface area contributed by atoms with E-state index in [0.29, 0.717) is 10.9 Å². The fourth-order valence-corrected chi connectivity index (χ4v) is 4.35. The number of sulfonamides is 1. The highest BCUT2D eigenvalue weighted by Gasteiger charge is 2.30. The van der Waals surface area contributed by atoms with Crippen LogP contribution in [0.3, 0.4) is 0 Å². The Bertz CT molecular complexity index is 1250. The number of rotatable bonds is 6. The van der Waals surface area contributed by atoms with E-state index in [0.717, 1.165) is 23.9 Å². The second kappa shape index (κ2) is 8.72. The summed E-state index contributed by atoms with van der Waals surface area (Å²) in [6, 6.07) is 12.7. The second-order valence-corrected chi connectivity index (χ2v) is 9.44. The first-order valence-electron chi connectivity index (χ1n) is 8.86. The van der Waals surface area contributed by atoms with Crippen LogP contribution in [-0.4, -0.2) is 25.1 Å². The summed E-state index contributed by atoms with van der Waals surface area (Å²) in [5, 5.41) is 0.426. The number of halogens is 3. The van der Waals surface area contributed by atoms with Gasteiger partial charge in [0, 0.05) is 18.2 Å². The predicted octanol–water partition coefficient (Wildman–Crippen LogP) is 5.12. The lowest BCUT2D eigenvalue weighted by Gasteiger charge is -2.11. The van der Waals surface area contributed by atoms with E-state index in [4.69, 9.17) is 0 Å². The van der Waals surface area contributed by atoms with Gasteiger partial charge < -0.3 is 0 Å². The summed E-state index contributed by atoms with van der Waals surface area (Å²) in [5.74, 6) is -0.290. The van der Waals surface area contributed by atoms with E-state index in [2.05, 4.69) is 4.72 Å². The number of Topliss-reactive ketones (excluding diaryl/α,β-unsaturated/α-hetero) is 1. The van der Waals surface area contributed by atoms with Gasteiger partial charge in [0.15, 0.2) is 10.9 Å². The zero-order valence-electron chi connectivity index (χ0n) is 16.1. The van der Waals surface area contributed by atoms with Crippen LogP contribution >= 0.6 is 11.8 Å². The third-order valence-corrected chi connectivity index (χ3v) is 6.51. The predicted molar refractivity (Wildman–Crippen MR) is 114 cm³/mol. The first-order valence-corrected chi connectivity index (χ1v) is 11.3. The number of nitrogens with one attached hydrogen (secondary N) is 1. The normalized spacial score (nSPS) is 12.0. The minimum atomic E-state index is -4.54. The van der Waals surface area contributed by atoms with E-state index in [9.17, 15) is 31.2 Å². The molecule has 3 aromatic carbocycles. The Balaban J connectivity index is 1.82. The van der Waals surface area contributed by atoms with Gasteiger partial charge in [0.05, 0.1) is 16.2 Å². The number of fused-ring (bicyclic) bond motifs is 1. The van der Waals surface area contributed by atoms with Gasteiger partial charge in [-0.2, -0.15) is 13.2 Å². The maximum Gasteiger partial charge on any atom is 0.416 e. The van der Waals surface area contributed by atoms with Crippen molar-refractivity contribution in [1.82, 2.24) is 0 Å². The number of benzene rings is 3. The van der Waals surface area contributed by atoms with Crippen molar-refractivity contribution >= 4 is 49.1 Å². The quantitative estimate of drug-likeness (QED) is 0.509. The van der Waals surface area contributed by atoms with Gasteiger partial charge in [-0.25, -0.2) is 8.42 Å². The van der Waals surface area contributed by atoms with Crippen molar-refractivity contribution in [2.45, 2.75) is 18.0 Å². The van der Waals surface area contributed by atoms with Crippen LogP contribution < -0.4 is 4.72 Å². The smallest absolute Gasteiger partial charge is 0.293 e. The van der Waals surface area contributed by atoms with Gasteiger partial charge in [-0.15, -0.1) is 0 Å². The van der Waals surface area contributed by atoms with Crippen LogP contribution in [-0.2, 0) is 21.0 Å². The number of hydrogen-bond acceptors (Lipinski definition) is 5. The summed E-state index contributed by atoms with van der Waals surface area (Å²) < 4.78 is 66.5. The second-order valence-electron chi connectivity index (χ2n) is 6.61. The molecule has 0 heterocycles. The van der Waals surface area contributed by atoms with Gasteiger partial charge in [-0.05, 0) is 59.3 Å². The first kappa shape index (κ1) is 22.8. The molecule has 0 aromatic heterocycles. The minimum absolute atomic E-state index is 0.0165. The molecule has 3 aromatic rings. The van der Waals surface area contributed by atoms with Gasteiger partial charge in [0.2, 0.25) is 0 Å². The minimum Gasteiger partial charge on any atom is -0.293 e. The molecule has 0 spiro atoms. The Morgan fingerprint density at radius 1 is 0.935 bits per heavy atom. The van der Waals surface area contributed by atoms with Crippen molar-refractivity contribution in [2.75, 3.05) is 10.5 Å². The lowest BCUT2D eigenvalue weighted by atomic mass is 10.1. The van der Waals surface area contributed by atoms with Crippen molar-refractivity contribution in [1.29, 1.82) is 0 Å². The molecule has 0 aliphatic rings. The van der Waals surface area contributed by atoms with Crippen molar-refractivity contribution in [3.8, 4) is 0 Å². The molecule has 10 heteroatoms. The number of carbonyl (C=O) groups is 2. The van der Waals surface area contributed by atoms with E-state index in [1.807, 2.05) is 0 Å². The average Bonchev–Trinajstić information content (AvgIpc) is 2.70. The molecule has 0 aliphatic heterocycles. The number of hydrogen-bond donors (Lipinski definition) is 1. The Morgan fingerprint density at radius 2 is 1.58 bits per heavy atom. The zero-order valence-corrected chi connectivity index (χ0v) is 17.7. The largest absolute Gasteiger partial charge is 0.416 e. The molecule has 162 valence electrons. The maximum atomic E-state index is 12.9. The molecule has 3 rings (SSSR count). The SMILES string of the molecule is CC(=O)SCC(=O)c1ccc(NS(=O)(=O)c2ccc3ccc(C(F)(F)F)cc3c2)cc1. The molecule has 0 radical (unpaired) electrons. The van der Waals surface area contributed by atoms with Crippen LogP contribution in [0.4, 0.5) is 18.9 Å². The van der Waals surface area contributed by atoms with Crippen LogP contribution in [0.5, 0.6) is 0 Å². The molecule has 1 N–H and O–H groups in total. The number of anilines is 1. The highest BCUT2D eigenvalue weighted by atomic mass is 32.2. The van der Waals surface area contributed by atoms with E-state index in [1.54, 1.807) is 0 Å². The molecular formula is C21H16F3NO4S2. The van der Waals surface area contributed by atoms with Crippen LogP contribution in [0.25, 0.3) is 10.8 Å². The van der Waals surface area contributed by atoms with E-state index < -0.39 is 21.8 Å². The maximum absolute atomic E-state index is 12.9. The molecule has 0 bridgehead atoms. The van der Waals surface area contributed by atoms with Crippen molar-refractivity contribution in [3.63, 3.8) is 0 Å². The summed E-state index contributed by atoms with van der Waals surface area (Å²) in [4.78, 5) is 22.8. The molecule has 5 nitrogen and oxygen atoms in total. The lowest BCUT2D eigenvalue weighted by Crippen LogP contribution is -2.13. The monoisotopic (exact) mass is 467 g/mol. The standard InChI is InChI=1S/C21H16F3NO4S2/c1-13(26)30-12-20(27)15-3-7-18(8-4-15)25-31(28,29)19-9-5-14-2-6-17(21(22,23)24)10-16(14)11-19/h2-11,25H,12H2,1H3. The summed E-state index contributed by atoms with van der Waals surface area (Å²) in [7, 11) is -4.07. The number of alkyl halides is 3.